The number of hydrogen-bond acceptors (Lipinski definition) is 4. The van der Waals surface area contributed by atoms with Gasteiger partial charge in [-0.2, -0.15) is 0 Å². The van der Waals surface area contributed by atoms with Gasteiger partial charge in [0.05, 0.1) is 5.75 Å². The number of hydrogen-bond donors (Lipinski definition) is 2. The first-order valence-corrected chi connectivity index (χ1v) is 7.74. The van der Waals surface area contributed by atoms with Gasteiger partial charge in [-0.3, -0.25) is 0 Å². The van der Waals surface area contributed by atoms with Crippen molar-refractivity contribution in [1.29, 1.82) is 0 Å². The molecule has 7 heteroatoms. The Morgan fingerprint density at radius 2 is 2.00 bits per heavy atom. The monoisotopic (exact) mass is 298 g/mol. The first-order chi connectivity index (χ1) is 7.53. The summed E-state index contributed by atoms with van der Waals surface area (Å²) in [6.45, 7) is 5.59. The SMILES string of the molecule is CCS(=O)(=O)NCCNCc1ccc(C)s1.Cl. The molecule has 0 radical (unpaired) electrons. The predicted octanol–water partition coefficient (Wildman–Crippen LogP) is 1.51. The zero-order valence-electron chi connectivity index (χ0n) is 10.0. The Morgan fingerprint density at radius 1 is 1.29 bits per heavy atom. The summed E-state index contributed by atoms with van der Waals surface area (Å²) >= 11 is 1.75. The van der Waals surface area contributed by atoms with Gasteiger partial charge in [0.15, 0.2) is 0 Å². The van der Waals surface area contributed by atoms with Gasteiger partial charge in [-0.15, -0.1) is 23.7 Å². The second-order valence-corrected chi connectivity index (χ2v) is 6.95. The van der Waals surface area contributed by atoms with Gasteiger partial charge in [0.25, 0.3) is 0 Å². The standard InChI is InChI=1S/C10H18N2O2S2.ClH/c1-3-16(13,14)12-7-6-11-8-10-5-4-9(2)15-10;/h4-5,11-12H,3,6-8H2,1-2H3;1H. The highest BCUT2D eigenvalue weighted by atomic mass is 35.5. The molecule has 1 aromatic rings. The molecule has 0 saturated heterocycles. The van der Waals surface area contributed by atoms with E-state index in [-0.39, 0.29) is 18.2 Å². The fourth-order valence-electron chi connectivity index (χ4n) is 1.19. The van der Waals surface area contributed by atoms with E-state index in [0.717, 1.165) is 6.54 Å². The molecule has 4 nitrogen and oxygen atoms in total. The van der Waals surface area contributed by atoms with E-state index in [9.17, 15) is 8.42 Å². The molecule has 0 unspecified atom stereocenters. The minimum Gasteiger partial charge on any atom is -0.311 e. The summed E-state index contributed by atoms with van der Waals surface area (Å²) in [6, 6.07) is 4.17. The fourth-order valence-corrected chi connectivity index (χ4v) is 2.67. The average molecular weight is 299 g/mol. The first-order valence-electron chi connectivity index (χ1n) is 5.27. The van der Waals surface area contributed by atoms with E-state index in [2.05, 4.69) is 29.1 Å². The Hall–Kier alpha value is -0.140. The molecule has 2 N–H and O–H groups in total. The third-order valence-electron chi connectivity index (χ3n) is 2.10. The molecule has 1 rings (SSSR count). The maximum atomic E-state index is 11.1. The maximum absolute atomic E-state index is 11.1. The molecular formula is C10H19ClN2O2S2. The van der Waals surface area contributed by atoms with E-state index in [0.29, 0.717) is 13.1 Å². The topological polar surface area (TPSA) is 58.2 Å². The van der Waals surface area contributed by atoms with Crippen molar-refractivity contribution in [3.63, 3.8) is 0 Å². The molecule has 100 valence electrons. The van der Waals surface area contributed by atoms with E-state index in [1.165, 1.54) is 9.75 Å². The lowest BCUT2D eigenvalue weighted by Crippen LogP contribution is -2.32. The number of thiophene rings is 1. The molecule has 0 bridgehead atoms. The lowest BCUT2D eigenvalue weighted by molar-refractivity contribution is 0.577. The molecule has 0 atom stereocenters. The van der Waals surface area contributed by atoms with Gasteiger partial charge < -0.3 is 5.32 Å². The van der Waals surface area contributed by atoms with Gasteiger partial charge >= 0.3 is 0 Å². The number of rotatable bonds is 7. The van der Waals surface area contributed by atoms with Crippen LogP contribution < -0.4 is 10.0 Å². The molecule has 0 aliphatic carbocycles. The Bertz CT molecular complexity index is 418. The van der Waals surface area contributed by atoms with Crippen molar-refractivity contribution >= 4 is 33.8 Å². The third-order valence-corrected chi connectivity index (χ3v) is 4.50. The van der Waals surface area contributed by atoms with Crippen LogP contribution in [0.25, 0.3) is 0 Å². The van der Waals surface area contributed by atoms with Crippen molar-refractivity contribution in [2.24, 2.45) is 0 Å². The summed E-state index contributed by atoms with van der Waals surface area (Å²) < 4.78 is 24.7. The maximum Gasteiger partial charge on any atom is 0.211 e. The number of sulfonamides is 1. The van der Waals surface area contributed by atoms with E-state index in [1.807, 2.05) is 0 Å². The first kappa shape index (κ1) is 16.9. The zero-order valence-corrected chi connectivity index (χ0v) is 12.5. The molecular weight excluding hydrogens is 280 g/mol. The molecule has 0 amide bonds. The smallest absolute Gasteiger partial charge is 0.211 e. The van der Waals surface area contributed by atoms with Crippen molar-refractivity contribution in [1.82, 2.24) is 10.0 Å². The van der Waals surface area contributed by atoms with Crippen LogP contribution >= 0.6 is 23.7 Å². The zero-order chi connectivity index (χ0) is 12.0. The van der Waals surface area contributed by atoms with Crippen molar-refractivity contribution in [2.45, 2.75) is 20.4 Å². The lowest BCUT2D eigenvalue weighted by Gasteiger charge is -2.05. The van der Waals surface area contributed by atoms with Crippen molar-refractivity contribution in [3.8, 4) is 0 Å². The molecule has 17 heavy (non-hydrogen) atoms. The average Bonchev–Trinajstić information content (AvgIpc) is 2.64. The van der Waals surface area contributed by atoms with Crippen LogP contribution in [0.5, 0.6) is 0 Å². The van der Waals surface area contributed by atoms with E-state index in [4.69, 9.17) is 0 Å². The van der Waals surface area contributed by atoms with E-state index >= 15 is 0 Å². The van der Waals surface area contributed by atoms with Gasteiger partial charge in [0.1, 0.15) is 0 Å². The van der Waals surface area contributed by atoms with Crippen LogP contribution in [0.4, 0.5) is 0 Å². The largest absolute Gasteiger partial charge is 0.311 e. The third kappa shape index (κ3) is 7.00. The summed E-state index contributed by atoms with van der Waals surface area (Å²) in [5.41, 5.74) is 0. The van der Waals surface area contributed by atoms with E-state index < -0.39 is 10.0 Å². The molecule has 1 heterocycles. The number of nitrogens with one attached hydrogen (secondary N) is 2. The molecule has 0 saturated carbocycles. The Labute approximate surface area is 113 Å². The Morgan fingerprint density at radius 3 is 2.53 bits per heavy atom. The van der Waals surface area contributed by atoms with Crippen LogP contribution in [-0.2, 0) is 16.6 Å². The van der Waals surface area contributed by atoms with Crippen molar-refractivity contribution < 1.29 is 8.42 Å². The normalized spacial score (nSPS) is 11.2. The second-order valence-electron chi connectivity index (χ2n) is 3.49. The lowest BCUT2D eigenvalue weighted by atomic mass is 10.4. The van der Waals surface area contributed by atoms with Crippen LogP contribution in [0.15, 0.2) is 12.1 Å². The molecule has 0 aliphatic rings. The predicted molar refractivity (Wildman–Crippen MR) is 75.5 cm³/mol. The summed E-state index contributed by atoms with van der Waals surface area (Å²) in [5, 5.41) is 3.20. The molecule has 0 aromatic carbocycles. The van der Waals surface area contributed by atoms with Crippen molar-refractivity contribution in [3.05, 3.63) is 21.9 Å². The summed E-state index contributed by atoms with van der Waals surface area (Å²) in [7, 11) is -3.05. The van der Waals surface area contributed by atoms with Gasteiger partial charge in [-0.1, -0.05) is 0 Å². The van der Waals surface area contributed by atoms with Crippen LogP contribution in [0.3, 0.4) is 0 Å². The Balaban J connectivity index is 0.00000256. The molecule has 0 spiro atoms. The van der Waals surface area contributed by atoms with Crippen LogP contribution in [0.2, 0.25) is 0 Å². The van der Waals surface area contributed by atoms with Crippen LogP contribution in [0, 0.1) is 6.92 Å². The highest BCUT2D eigenvalue weighted by Crippen LogP contribution is 2.14. The molecule has 0 fully saturated rings. The van der Waals surface area contributed by atoms with Gasteiger partial charge in [-0.25, -0.2) is 13.1 Å². The molecule has 0 aliphatic heterocycles. The molecule has 1 aromatic heterocycles. The second kappa shape index (κ2) is 8.05. The van der Waals surface area contributed by atoms with E-state index in [1.54, 1.807) is 18.3 Å². The summed E-state index contributed by atoms with van der Waals surface area (Å²) in [5.74, 6) is 0.136. The minimum absolute atomic E-state index is 0. The quantitative estimate of drug-likeness (QED) is 0.750. The highest BCUT2D eigenvalue weighted by molar-refractivity contribution is 7.89. The van der Waals surface area contributed by atoms with Crippen LogP contribution in [0.1, 0.15) is 16.7 Å². The van der Waals surface area contributed by atoms with Crippen LogP contribution in [-0.4, -0.2) is 27.3 Å². The summed E-state index contributed by atoms with van der Waals surface area (Å²) in [4.78, 5) is 2.57. The van der Waals surface area contributed by atoms with Crippen molar-refractivity contribution in [2.75, 3.05) is 18.8 Å². The number of aryl methyl sites for hydroxylation is 1. The fraction of sp³-hybridized carbons (Fsp3) is 0.600. The van der Waals surface area contributed by atoms with Gasteiger partial charge in [0, 0.05) is 29.4 Å². The Kier molecular flexibility index (Phi) is 7.98. The minimum atomic E-state index is -3.05. The highest BCUT2D eigenvalue weighted by Gasteiger charge is 2.04. The summed E-state index contributed by atoms with van der Waals surface area (Å²) in [6.07, 6.45) is 0. The van der Waals surface area contributed by atoms with Gasteiger partial charge in [-0.05, 0) is 26.0 Å². The van der Waals surface area contributed by atoms with Gasteiger partial charge in [0.2, 0.25) is 10.0 Å². The number of halogens is 1.